The molecule has 6 nitrogen and oxygen atoms in total. The van der Waals surface area contributed by atoms with Crippen LogP contribution in [0.2, 0.25) is 0 Å². The van der Waals surface area contributed by atoms with E-state index in [9.17, 15) is 8.42 Å². The van der Waals surface area contributed by atoms with Crippen LogP contribution in [0.5, 0.6) is 0 Å². The third-order valence-corrected chi connectivity index (χ3v) is 4.55. The van der Waals surface area contributed by atoms with Crippen molar-refractivity contribution in [2.75, 3.05) is 26.2 Å². The lowest BCUT2D eigenvalue weighted by Crippen LogP contribution is -2.50. The highest BCUT2D eigenvalue weighted by atomic mass is 32.2. The highest BCUT2D eigenvalue weighted by Crippen LogP contribution is 2.06. The van der Waals surface area contributed by atoms with Crippen molar-refractivity contribution in [2.24, 2.45) is 0 Å². The van der Waals surface area contributed by atoms with Gasteiger partial charge >= 0.3 is 0 Å². The van der Waals surface area contributed by atoms with Crippen LogP contribution < -0.4 is 10.0 Å². The summed E-state index contributed by atoms with van der Waals surface area (Å²) in [5, 5.41) is 3.13. The zero-order valence-electron chi connectivity index (χ0n) is 10.4. The zero-order valence-corrected chi connectivity index (χ0v) is 11.2. The fourth-order valence-electron chi connectivity index (χ4n) is 1.85. The topological polar surface area (TPSA) is 74.3 Å². The third kappa shape index (κ3) is 3.26. The third-order valence-electron chi connectivity index (χ3n) is 3.00. The molecule has 0 spiro atoms. The highest BCUT2D eigenvalue weighted by Gasteiger charge is 2.23. The first-order valence-electron chi connectivity index (χ1n) is 5.94. The molecule has 1 aromatic rings. The molecular formula is C11H18N4O2S. The van der Waals surface area contributed by atoms with E-state index >= 15 is 0 Å². The molecule has 1 fully saturated rings. The molecule has 18 heavy (non-hydrogen) atoms. The second-order valence-electron chi connectivity index (χ2n) is 4.28. The predicted molar refractivity (Wildman–Crippen MR) is 69.2 cm³/mol. The molecule has 100 valence electrons. The summed E-state index contributed by atoms with van der Waals surface area (Å²) in [7, 11) is -3.38. The van der Waals surface area contributed by atoms with Crippen molar-refractivity contribution in [3.8, 4) is 0 Å². The number of aromatic nitrogens is 1. The van der Waals surface area contributed by atoms with Gasteiger partial charge in [-0.15, -0.1) is 0 Å². The number of rotatable bonds is 4. The average Bonchev–Trinajstić information content (AvgIpc) is 2.39. The van der Waals surface area contributed by atoms with E-state index in [1.807, 2.05) is 13.0 Å². The van der Waals surface area contributed by atoms with E-state index in [0.29, 0.717) is 32.7 Å². The van der Waals surface area contributed by atoms with E-state index in [1.54, 1.807) is 12.4 Å². The van der Waals surface area contributed by atoms with Crippen LogP contribution in [0.4, 0.5) is 0 Å². The predicted octanol–water partition coefficient (Wildman–Crippen LogP) is -0.370. The molecule has 0 aromatic carbocycles. The van der Waals surface area contributed by atoms with Gasteiger partial charge in [-0.3, -0.25) is 4.98 Å². The molecule has 0 bridgehead atoms. The van der Waals surface area contributed by atoms with E-state index in [2.05, 4.69) is 15.0 Å². The van der Waals surface area contributed by atoms with E-state index in [1.165, 1.54) is 4.31 Å². The molecule has 0 atom stereocenters. The molecule has 0 unspecified atom stereocenters. The lowest BCUT2D eigenvalue weighted by molar-refractivity contribution is 0.354. The summed E-state index contributed by atoms with van der Waals surface area (Å²) < 4.78 is 28.2. The number of piperazine rings is 1. The van der Waals surface area contributed by atoms with Gasteiger partial charge in [0, 0.05) is 45.1 Å². The molecule has 1 aliphatic rings. The van der Waals surface area contributed by atoms with Crippen LogP contribution in [0.3, 0.4) is 0 Å². The summed E-state index contributed by atoms with van der Waals surface area (Å²) in [5.41, 5.74) is 1.93. The molecule has 0 amide bonds. The van der Waals surface area contributed by atoms with E-state index in [-0.39, 0.29) is 0 Å². The molecule has 2 heterocycles. The number of hydrogen-bond donors (Lipinski definition) is 2. The number of pyridine rings is 1. The van der Waals surface area contributed by atoms with Crippen LogP contribution in [0.15, 0.2) is 18.5 Å². The Morgan fingerprint density at radius 2 is 2.17 bits per heavy atom. The molecule has 2 N–H and O–H groups in total. The van der Waals surface area contributed by atoms with Crippen molar-refractivity contribution in [3.05, 3.63) is 29.6 Å². The Labute approximate surface area is 108 Å². The Bertz CT molecular complexity index is 498. The molecule has 0 radical (unpaired) electrons. The van der Waals surface area contributed by atoms with Crippen molar-refractivity contribution in [3.63, 3.8) is 0 Å². The van der Waals surface area contributed by atoms with Crippen LogP contribution in [0.25, 0.3) is 0 Å². The Morgan fingerprint density at radius 1 is 1.44 bits per heavy atom. The zero-order chi connectivity index (χ0) is 13.0. The maximum atomic E-state index is 12.0. The van der Waals surface area contributed by atoms with Crippen LogP contribution in [0.1, 0.15) is 11.1 Å². The van der Waals surface area contributed by atoms with Gasteiger partial charge in [-0.1, -0.05) is 0 Å². The van der Waals surface area contributed by atoms with E-state index < -0.39 is 10.2 Å². The van der Waals surface area contributed by atoms with Crippen LogP contribution >= 0.6 is 0 Å². The lowest BCUT2D eigenvalue weighted by Gasteiger charge is -2.26. The molecule has 1 saturated heterocycles. The minimum Gasteiger partial charge on any atom is -0.314 e. The molecular weight excluding hydrogens is 252 g/mol. The summed E-state index contributed by atoms with van der Waals surface area (Å²) in [4.78, 5) is 3.98. The lowest BCUT2D eigenvalue weighted by atomic mass is 10.2. The maximum Gasteiger partial charge on any atom is 0.279 e. The van der Waals surface area contributed by atoms with Crippen LogP contribution in [-0.4, -0.2) is 43.9 Å². The molecule has 1 aromatic heterocycles. The Kier molecular flexibility index (Phi) is 4.28. The highest BCUT2D eigenvalue weighted by molar-refractivity contribution is 7.87. The monoisotopic (exact) mass is 270 g/mol. The summed E-state index contributed by atoms with van der Waals surface area (Å²) in [6, 6.07) is 1.83. The fourth-order valence-corrected chi connectivity index (χ4v) is 3.03. The summed E-state index contributed by atoms with van der Waals surface area (Å²) in [6.45, 7) is 4.67. The largest absolute Gasteiger partial charge is 0.314 e. The van der Waals surface area contributed by atoms with Crippen molar-refractivity contribution >= 4 is 10.2 Å². The standard InChI is InChI=1S/C11H18N4O2S/c1-10-8-13-3-2-11(10)9-14-18(16,17)15-6-4-12-5-7-15/h2-3,8,12,14H,4-7,9H2,1H3. The van der Waals surface area contributed by atoms with E-state index in [4.69, 9.17) is 0 Å². The van der Waals surface area contributed by atoms with Crippen LogP contribution in [0, 0.1) is 6.92 Å². The summed E-state index contributed by atoms with van der Waals surface area (Å²) >= 11 is 0. The van der Waals surface area contributed by atoms with Crippen molar-refractivity contribution in [1.82, 2.24) is 19.3 Å². The molecule has 0 aliphatic carbocycles. The normalized spacial score (nSPS) is 17.8. The Morgan fingerprint density at radius 3 is 2.83 bits per heavy atom. The number of nitrogens with zero attached hydrogens (tertiary/aromatic N) is 2. The van der Waals surface area contributed by atoms with Crippen molar-refractivity contribution < 1.29 is 8.42 Å². The summed E-state index contributed by atoms with van der Waals surface area (Å²) in [5.74, 6) is 0. The second-order valence-corrected chi connectivity index (χ2v) is 6.03. The van der Waals surface area contributed by atoms with Gasteiger partial charge in [0.25, 0.3) is 10.2 Å². The Balaban J connectivity index is 1.98. The summed E-state index contributed by atoms with van der Waals surface area (Å²) in [6.07, 6.45) is 3.40. The second kappa shape index (κ2) is 5.75. The van der Waals surface area contributed by atoms with Gasteiger partial charge in [0.2, 0.25) is 0 Å². The first kappa shape index (κ1) is 13.4. The van der Waals surface area contributed by atoms with Crippen molar-refractivity contribution in [2.45, 2.75) is 13.5 Å². The number of aryl methyl sites for hydroxylation is 1. The number of hydrogen-bond acceptors (Lipinski definition) is 4. The van der Waals surface area contributed by atoms with Gasteiger partial charge < -0.3 is 5.32 Å². The molecule has 7 heteroatoms. The van der Waals surface area contributed by atoms with Gasteiger partial charge in [-0.2, -0.15) is 17.4 Å². The van der Waals surface area contributed by atoms with Gasteiger partial charge in [-0.25, -0.2) is 0 Å². The fraction of sp³-hybridized carbons (Fsp3) is 0.545. The van der Waals surface area contributed by atoms with Gasteiger partial charge in [0.15, 0.2) is 0 Å². The van der Waals surface area contributed by atoms with Gasteiger partial charge in [-0.05, 0) is 24.1 Å². The Hall–Kier alpha value is -1.02. The minimum absolute atomic E-state index is 0.306. The maximum absolute atomic E-state index is 12.0. The van der Waals surface area contributed by atoms with Crippen LogP contribution in [-0.2, 0) is 16.8 Å². The van der Waals surface area contributed by atoms with Gasteiger partial charge in [0.1, 0.15) is 0 Å². The minimum atomic E-state index is -3.38. The van der Waals surface area contributed by atoms with Gasteiger partial charge in [0.05, 0.1) is 0 Å². The van der Waals surface area contributed by atoms with Crippen molar-refractivity contribution in [1.29, 1.82) is 0 Å². The molecule has 1 aliphatic heterocycles. The molecule has 2 rings (SSSR count). The van der Waals surface area contributed by atoms with E-state index in [0.717, 1.165) is 11.1 Å². The average molecular weight is 270 g/mol. The smallest absolute Gasteiger partial charge is 0.279 e. The SMILES string of the molecule is Cc1cnccc1CNS(=O)(=O)N1CCNCC1. The molecule has 0 saturated carbocycles. The number of nitrogens with one attached hydrogen (secondary N) is 2. The first-order valence-corrected chi connectivity index (χ1v) is 7.38. The quantitative estimate of drug-likeness (QED) is 0.783. The first-order chi connectivity index (χ1) is 8.59.